The summed E-state index contributed by atoms with van der Waals surface area (Å²) in [4.78, 5) is 14.3. The van der Waals surface area contributed by atoms with Crippen molar-refractivity contribution >= 4 is 46.3 Å². The fraction of sp³-hybridized carbons (Fsp3) is 0.0435. The highest BCUT2D eigenvalue weighted by Crippen LogP contribution is 2.22. The molecule has 0 spiro atoms. The number of thiocarbonyl (C=S) groups is 1. The molecule has 0 atom stereocenters. The molecule has 0 saturated carbocycles. The molecule has 4 nitrogen and oxygen atoms in total. The van der Waals surface area contributed by atoms with Crippen molar-refractivity contribution < 1.29 is 9.53 Å². The Morgan fingerprint density at radius 2 is 1.69 bits per heavy atom. The number of rotatable bonds is 6. The van der Waals surface area contributed by atoms with Crippen LogP contribution in [0.1, 0.15) is 10.4 Å². The van der Waals surface area contributed by atoms with Gasteiger partial charge >= 0.3 is 0 Å². The van der Waals surface area contributed by atoms with Crippen LogP contribution in [0.3, 0.4) is 0 Å². The minimum atomic E-state index is -0.259. The second-order valence-electron chi connectivity index (χ2n) is 6.06. The van der Waals surface area contributed by atoms with Gasteiger partial charge in [-0.2, -0.15) is 0 Å². The molecule has 0 aliphatic carbocycles. The van der Waals surface area contributed by atoms with Gasteiger partial charge in [0.05, 0.1) is 10.7 Å². The highest BCUT2D eigenvalue weighted by molar-refractivity contribution is 7.80. The molecule has 6 heteroatoms. The van der Waals surface area contributed by atoms with E-state index in [0.717, 1.165) is 5.69 Å². The maximum atomic E-state index is 12.4. The molecule has 0 radical (unpaired) electrons. The van der Waals surface area contributed by atoms with Crippen LogP contribution >= 0.6 is 23.8 Å². The Morgan fingerprint density at radius 1 is 1.03 bits per heavy atom. The molecular formula is C23H19ClN2O2S. The van der Waals surface area contributed by atoms with E-state index in [4.69, 9.17) is 28.6 Å². The largest absolute Gasteiger partial charge is 0.432 e. The summed E-state index contributed by atoms with van der Waals surface area (Å²) in [6, 6.07) is 23.5. The average molecular weight is 423 g/mol. The first-order chi connectivity index (χ1) is 14.1. The summed E-state index contributed by atoms with van der Waals surface area (Å²) in [6.07, 6.45) is 1.75. The van der Waals surface area contributed by atoms with Crippen LogP contribution in [-0.2, 0) is 0 Å². The lowest BCUT2D eigenvalue weighted by Crippen LogP contribution is -2.33. The number of nitrogens with zero attached hydrogens (tertiary/aromatic N) is 1. The van der Waals surface area contributed by atoms with Crippen molar-refractivity contribution in [2.45, 2.75) is 0 Å². The SMILES string of the molecule is C=CCN(C(=S)Oc1ccc(C(=O)Nc2ccccc2Cl)cc1)c1ccccc1. The summed E-state index contributed by atoms with van der Waals surface area (Å²) in [5, 5.41) is 3.56. The Morgan fingerprint density at radius 3 is 2.34 bits per heavy atom. The van der Waals surface area contributed by atoms with E-state index < -0.39 is 0 Å². The van der Waals surface area contributed by atoms with E-state index >= 15 is 0 Å². The van der Waals surface area contributed by atoms with Crippen molar-refractivity contribution in [3.05, 3.63) is 102 Å². The lowest BCUT2D eigenvalue weighted by Gasteiger charge is -2.23. The van der Waals surface area contributed by atoms with Gasteiger partial charge in [0.1, 0.15) is 5.75 Å². The van der Waals surface area contributed by atoms with E-state index in [1.165, 1.54) is 0 Å². The van der Waals surface area contributed by atoms with Crippen molar-refractivity contribution in [3.8, 4) is 5.75 Å². The molecule has 0 fully saturated rings. The summed E-state index contributed by atoms with van der Waals surface area (Å²) in [5.41, 5.74) is 1.95. The number of hydrogen-bond donors (Lipinski definition) is 1. The third-order valence-corrected chi connectivity index (χ3v) is 4.68. The molecule has 0 saturated heterocycles. The maximum absolute atomic E-state index is 12.4. The molecule has 1 amide bonds. The van der Waals surface area contributed by atoms with E-state index in [-0.39, 0.29) is 5.91 Å². The van der Waals surface area contributed by atoms with Crippen LogP contribution < -0.4 is 15.0 Å². The van der Waals surface area contributed by atoms with Gasteiger partial charge in [0.2, 0.25) is 0 Å². The number of halogens is 1. The third kappa shape index (κ3) is 5.44. The molecule has 3 rings (SSSR count). The Labute approximate surface area is 180 Å². The number of amides is 1. The summed E-state index contributed by atoms with van der Waals surface area (Å²) >= 11 is 11.5. The molecule has 3 aromatic rings. The first-order valence-electron chi connectivity index (χ1n) is 8.89. The molecule has 0 unspecified atom stereocenters. The molecule has 0 aromatic heterocycles. The van der Waals surface area contributed by atoms with Gasteiger partial charge < -0.3 is 10.1 Å². The molecule has 146 valence electrons. The van der Waals surface area contributed by atoms with Gasteiger partial charge in [-0.1, -0.05) is 48.0 Å². The number of nitrogens with one attached hydrogen (secondary N) is 1. The minimum Gasteiger partial charge on any atom is -0.432 e. The molecule has 0 heterocycles. The number of carbonyl (C=O) groups is 1. The van der Waals surface area contributed by atoms with Gasteiger partial charge in [-0.05, 0) is 60.7 Å². The van der Waals surface area contributed by atoms with Gasteiger partial charge in [0, 0.05) is 17.8 Å². The number of anilines is 2. The van der Waals surface area contributed by atoms with Crippen LogP contribution in [-0.4, -0.2) is 17.6 Å². The molecule has 0 aliphatic heterocycles. The van der Waals surface area contributed by atoms with Crippen molar-refractivity contribution in [2.24, 2.45) is 0 Å². The Bertz CT molecular complexity index is 1010. The van der Waals surface area contributed by atoms with Crippen LogP contribution in [0, 0.1) is 0 Å². The molecule has 1 N–H and O–H groups in total. The van der Waals surface area contributed by atoms with E-state index in [9.17, 15) is 4.79 Å². The highest BCUT2D eigenvalue weighted by Gasteiger charge is 2.13. The van der Waals surface area contributed by atoms with Crippen molar-refractivity contribution in [3.63, 3.8) is 0 Å². The molecule has 29 heavy (non-hydrogen) atoms. The Balaban J connectivity index is 1.68. The maximum Gasteiger partial charge on any atom is 0.269 e. The van der Waals surface area contributed by atoms with Gasteiger partial charge in [-0.3, -0.25) is 9.69 Å². The van der Waals surface area contributed by atoms with Crippen LogP contribution in [0.15, 0.2) is 91.5 Å². The normalized spacial score (nSPS) is 10.1. The molecular weight excluding hydrogens is 404 g/mol. The quantitative estimate of drug-likeness (QED) is 0.393. The van der Waals surface area contributed by atoms with Crippen LogP contribution in [0.4, 0.5) is 11.4 Å². The van der Waals surface area contributed by atoms with Gasteiger partial charge in [-0.25, -0.2) is 0 Å². The fourth-order valence-electron chi connectivity index (χ4n) is 2.61. The van der Waals surface area contributed by atoms with Crippen LogP contribution in [0.5, 0.6) is 5.75 Å². The van der Waals surface area contributed by atoms with Crippen molar-refractivity contribution in [1.29, 1.82) is 0 Å². The topological polar surface area (TPSA) is 41.6 Å². The predicted octanol–water partition coefficient (Wildman–Crippen LogP) is 5.95. The Kier molecular flexibility index (Phi) is 7.00. The van der Waals surface area contributed by atoms with E-state index in [1.54, 1.807) is 54.6 Å². The summed E-state index contributed by atoms with van der Waals surface area (Å²) < 4.78 is 5.81. The van der Waals surface area contributed by atoms with E-state index in [0.29, 0.717) is 33.7 Å². The predicted molar refractivity (Wildman–Crippen MR) is 123 cm³/mol. The average Bonchev–Trinajstić information content (AvgIpc) is 2.74. The standard InChI is InChI=1S/C23H19ClN2O2S/c1-2-16-26(18-8-4-3-5-9-18)23(29)28-19-14-12-17(13-15-19)22(27)25-21-11-7-6-10-20(21)24/h2-15H,1,16H2,(H,25,27). The first-order valence-corrected chi connectivity index (χ1v) is 9.68. The van der Waals surface area contributed by atoms with Crippen molar-refractivity contribution in [2.75, 3.05) is 16.8 Å². The molecule has 3 aromatic carbocycles. The smallest absolute Gasteiger partial charge is 0.269 e. The highest BCUT2D eigenvalue weighted by atomic mass is 35.5. The van der Waals surface area contributed by atoms with Crippen LogP contribution in [0.25, 0.3) is 0 Å². The number of para-hydroxylation sites is 2. The third-order valence-electron chi connectivity index (χ3n) is 4.04. The first kappa shape index (κ1) is 20.6. The number of ether oxygens (including phenoxy) is 1. The second-order valence-corrected chi connectivity index (χ2v) is 6.82. The van der Waals surface area contributed by atoms with Gasteiger partial charge in [0.15, 0.2) is 0 Å². The van der Waals surface area contributed by atoms with Crippen LogP contribution in [0.2, 0.25) is 5.02 Å². The van der Waals surface area contributed by atoms with E-state index in [1.807, 2.05) is 35.2 Å². The zero-order valence-electron chi connectivity index (χ0n) is 15.5. The second kappa shape index (κ2) is 9.87. The van der Waals surface area contributed by atoms with Gasteiger partial charge in [0.25, 0.3) is 11.1 Å². The number of carbonyl (C=O) groups excluding carboxylic acids is 1. The number of hydrogen-bond acceptors (Lipinski definition) is 3. The van der Waals surface area contributed by atoms with Crippen molar-refractivity contribution in [1.82, 2.24) is 0 Å². The minimum absolute atomic E-state index is 0.259. The summed E-state index contributed by atoms with van der Waals surface area (Å²) in [5.74, 6) is 0.277. The van der Waals surface area contributed by atoms with E-state index in [2.05, 4.69) is 11.9 Å². The fourth-order valence-corrected chi connectivity index (χ4v) is 3.07. The zero-order valence-corrected chi connectivity index (χ0v) is 17.1. The lowest BCUT2D eigenvalue weighted by atomic mass is 10.2. The zero-order chi connectivity index (χ0) is 20.6. The summed E-state index contributed by atoms with van der Waals surface area (Å²) in [6.45, 7) is 4.29. The number of benzene rings is 3. The Hall–Kier alpha value is -3.15. The van der Waals surface area contributed by atoms with Gasteiger partial charge in [-0.15, -0.1) is 6.58 Å². The monoisotopic (exact) mass is 422 g/mol. The molecule has 0 bridgehead atoms. The lowest BCUT2D eigenvalue weighted by molar-refractivity contribution is 0.102. The molecule has 0 aliphatic rings. The summed E-state index contributed by atoms with van der Waals surface area (Å²) in [7, 11) is 0.